The maximum absolute atomic E-state index is 12.2. The summed E-state index contributed by atoms with van der Waals surface area (Å²) < 4.78 is 5.44. The number of rotatable bonds is 7. The van der Waals surface area contributed by atoms with Crippen molar-refractivity contribution >= 4 is 23.2 Å². The molecule has 1 aliphatic heterocycles. The monoisotopic (exact) mass is 368 g/mol. The van der Waals surface area contributed by atoms with Crippen LogP contribution in [0, 0.1) is 0 Å². The zero-order valence-electron chi connectivity index (χ0n) is 15.2. The Hall–Kier alpha value is -1.48. The second-order valence-electron chi connectivity index (χ2n) is 6.43. The molecule has 0 aromatic carbocycles. The van der Waals surface area contributed by atoms with Crippen molar-refractivity contribution in [2.24, 2.45) is 0 Å². The van der Waals surface area contributed by atoms with Gasteiger partial charge in [-0.05, 0) is 32.5 Å². The molecule has 2 N–H and O–H groups in total. The molecule has 0 saturated carbocycles. The van der Waals surface area contributed by atoms with Crippen molar-refractivity contribution in [3.05, 3.63) is 22.4 Å². The third-order valence-electron chi connectivity index (χ3n) is 4.16. The summed E-state index contributed by atoms with van der Waals surface area (Å²) >= 11 is 1.67. The van der Waals surface area contributed by atoms with E-state index in [-0.39, 0.29) is 12.1 Å². The average molecular weight is 369 g/mol. The average Bonchev–Trinajstić information content (AvgIpc) is 3.09. The third-order valence-corrected chi connectivity index (χ3v) is 5.10. The van der Waals surface area contributed by atoms with E-state index in [9.17, 15) is 9.59 Å². The van der Waals surface area contributed by atoms with E-state index in [4.69, 9.17) is 4.74 Å². The molecule has 0 bridgehead atoms. The summed E-state index contributed by atoms with van der Waals surface area (Å²) in [7, 11) is 3.84. The number of morpholine rings is 1. The van der Waals surface area contributed by atoms with Crippen LogP contribution in [-0.4, -0.2) is 81.1 Å². The largest absolute Gasteiger partial charge is 0.379 e. The summed E-state index contributed by atoms with van der Waals surface area (Å²) in [4.78, 5) is 29.6. The van der Waals surface area contributed by atoms with Gasteiger partial charge < -0.3 is 20.3 Å². The van der Waals surface area contributed by atoms with Crippen LogP contribution in [0.1, 0.15) is 17.8 Å². The molecule has 1 aliphatic rings. The van der Waals surface area contributed by atoms with Crippen molar-refractivity contribution in [1.82, 2.24) is 20.4 Å². The number of hydrogen-bond acceptors (Lipinski definition) is 6. The SMILES string of the molecule is C[C@H](NC(=O)C(=O)NCCN(C)C)[C@@H](c1cccs1)N1CCOCC1. The standard InChI is InChI=1S/C17H28N4O3S/c1-13(19-17(23)16(22)18-6-7-20(2)3)15(14-5-4-12-25-14)21-8-10-24-11-9-21/h4-5,12-13,15H,6-11H2,1-3H3,(H,18,22)(H,19,23)/t13-,15-/m0/s1. The van der Waals surface area contributed by atoms with Crippen LogP contribution in [0.25, 0.3) is 0 Å². The first-order valence-corrected chi connectivity index (χ1v) is 9.45. The zero-order valence-corrected chi connectivity index (χ0v) is 16.0. The van der Waals surface area contributed by atoms with Crippen LogP contribution in [0.15, 0.2) is 17.5 Å². The zero-order chi connectivity index (χ0) is 18.2. The maximum Gasteiger partial charge on any atom is 0.309 e. The van der Waals surface area contributed by atoms with E-state index >= 15 is 0 Å². The van der Waals surface area contributed by atoms with Crippen LogP contribution in [0.4, 0.5) is 0 Å². The van der Waals surface area contributed by atoms with Gasteiger partial charge in [0.2, 0.25) is 0 Å². The highest BCUT2D eigenvalue weighted by molar-refractivity contribution is 7.10. The Kier molecular flexibility index (Phi) is 7.83. The van der Waals surface area contributed by atoms with Gasteiger partial charge in [0.1, 0.15) is 0 Å². The van der Waals surface area contributed by atoms with E-state index in [2.05, 4.69) is 21.6 Å². The van der Waals surface area contributed by atoms with Crippen molar-refractivity contribution in [2.45, 2.75) is 19.0 Å². The van der Waals surface area contributed by atoms with Crippen LogP contribution >= 0.6 is 11.3 Å². The Balaban J connectivity index is 1.95. The Morgan fingerprint density at radius 3 is 2.64 bits per heavy atom. The molecule has 2 heterocycles. The third kappa shape index (κ3) is 6.07. The van der Waals surface area contributed by atoms with Gasteiger partial charge in [-0.3, -0.25) is 14.5 Å². The number of nitrogens with zero attached hydrogens (tertiary/aromatic N) is 2. The number of ether oxygens (including phenoxy) is 1. The number of hydrogen-bond donors (Lipinski definition) is 2. The minimum absolute atomic E-state index is 0.0439. The molecule has 140 valence electrons. The Morgan fingerprint density at radius 2 is 2.04 bits per heavy atom. The van der Waals surface area contributed by atoms with Crippen molar-refractivity contribution in [3.63, 3.8) is 0 Å². The van der Waals surface area contributed by atoms with Gasteiger partial charge in [0, 0.05) is 37.1 Å². The van der Waals surface area contributed by atoms with Gasteiger partial charge in [0.15, 0.2) is 0 Å². The molecule has 1 aromatic rings. The Bertz CT molecular complexity index is 544. The molecule has 2 amide bonds. The molecular weight excluding hydrogens is 340 g/mol. The van der Waals surface area contributed by atoms with Crippen LogP contribution in [-0.2, 0) is 14.3 Å². The van der Waals surface area contributed by atoms with Gasteiger partial charge in [-0.1, -0.05) is 6.07 Å². The molecule has 8 heteroatoms. The summed E-state index contributed by atoms with van der Waals surface area (Å²) in [6.07, 6.45) is 0. The Labute approximate surface area is 153 Å². The van der Waals surface area contributed by atoms with Crippen LogP contribution in [0.2, 0.25) is 0 Å². The van der Waals surface area contributed by atoms with Gasteiger partial charge >= 0.3 is 11.8 Å². The fourth-order valence-electron chi connectivity index (χ4n) is 2.88. The molecule has 25 heavy (non-hydrogen) atoms. The molecule has 0 radical (unpaired) electrons. The first-order valence-electron chi connectivity index (χ1n) is 8.57. The molecular formula is C17H28N4O3S. The van der Waals surface area contributed by atoms with Gasteiger partial charge in [-0.2, -0.15) is 0 Å². The van der Waals surface area contributed by atoms with E-state index in [0.29, 0.717) is 26.3 Å². The topological polar surface area (TPSA) is 73.9 Å². The number of carbonyl (C=O) groups is 2. The summed E-state index contributed by atoms with van der Waals surface area (Å²) in [6, 6.07) is 3.95. The molecule has 2 rings (SSSR count). The van der Waals surface area contributed by atoms with E-state index in [1.54, 1.807) is 11.3 Å². The number of carbonyl (C=O) groups excluding carboxylic acids is 2. The van der Waals surface area contributed by atoms with Crippen LogP contribution < -0.4 is 10.6 Å². The van der Waals surface area contributed by atoms with Crippen molar-refractivity contribution < 1.29 is 14.3 Å². The minimum atomic E-state index is -0.583. The normalized spacial score (nSPS) is 17.9. The first-order chi connectivity index (χ1) is 12.0. The summed E-state index contributed by atoms with van der Waals surface area (Å²) in [5, 5.41) is 7.54. The predicted octanol–water partition coefficient (Wildman–Crippen LogP) is 0.304. The molecule has 7 nitrogen and oxygen atoms in total. The lowest BCUT2D eigenvalue weighted by molar-refractivity contribution is -0.140. The quantitative estimate of drug-likeness (QED) is 0.678. The van der Waals surface area contributed by atoms with Crippen LogP contribution in [0.3, 0.4) is 0 Å². The van der Waals surface area contributed by atoms with Crippen LogP contribution in [0.5, 0.6) is 0 Å². The summed E-state index contributed by atoms with van der Waals surface area (Å²) in [6.45, 7) is 6.10. The highest BCUT2D eigenvalue weighted by atomic mass is 32.1. The molecule has 1 aromatic heterocycles. The minimum Gasteiger partial charge on any atom is -0.379 e. The van der Waals surface area contributed by atoms with Gasteiger partial charge in [-0.25, -0.2) is 0 Å². The highest BCUT2D eigenvalue weighted by Gasteiger charge is 2.30. The van der Waals surface area contributed by atoms with E-state index in [1.165, 1.54) is 4.88 Å². The van der Waals surface area contributed by atoms with E-state index in [1.807, 2.05) is 37.4 Å². The highest BCUT2D eigenvalue weighted by Crippen LogP contribution is 2.29. The van der Waals surface area contributed by atoms with Gasteiger partial charge in [0.05, 0.1) is 19.3 Å². The molecule has 1 saturated heterocycles. The number of nitrogens with one attached hydrogen (secondary N) is 2. The fourth-order valence-corrected chi connectivity index (χ4v) is 3.85. The number of thiophene rings is 1. The smallest absolute Gasteiger partial charge is 0.309 e. The number of likely N-dealkylation sites (N-methyl/N-ethyl adjacent to an activating group) is 1. The summed E-state index contributed by atoms with van der Waals surface area (Å²) in [5.41, 5.74) is 0. The Morgan fingerprint density at radius 1 is 1.32 bits per heavy atom. The lowest BCUT2D eigenvalue weighted by Gasteiger charge is -2.37. The fraction of sp³-hybridized carbons (Fsp3) is 0.647. The molecule has 1 fully saturated rings. The molecule has 2 atom stereocenters. The van der Waals surface area contributed by atoms with E-state index < -0.39 is 11.8 Å². The second kappa shape index (κ2) is 9.86. The van der Waals surface area contributed by atoms with Crippen molar-refractivity contribution in [2.75, 3.05) is 53.5 Å². The van der Waals surface area contributed by atoms with Gasteiger partial charge in [-0.15, -0.1) is 11.3 Å². The van der Waals surface area contributed by atoms with Crippen molar-refractivity contribution in [3.8, 4) is 0 Å². The summed E-state index contributed by atoms with van der Waals surface area (Å²) in [5.74, 6) is -1.17. The lowest BCUT2D eigenvalue weighted by atomic mass is 10.1. The molecule has 0 spiro atoms. The predicted molar refractivity (Wildman–Crippen MR) is 98.6 cm³/mol. The lowest BCUT2D eigenvalue weighted by Crippen LogP contribution is -2.51. The van der Waals surface area contributed by atoms with Gasteiger partial charge in [0.25, 0.3) is 0 Å². The van der Waals surface area contributed by atoms with E-state index in [0.717, 1.165) is 13.1 Å². The first kappa shape index (κ1) is 19.8. The van der Waals surface area contributed by atoms with Crippen molar-refractivity contribution in [1.29, 1.82) is 0 Å². The second-order valence-corrected chi connectivity index (χ2v) is 7.41. The molecule has 0 unspecified atom stereocenters. The molecule has 0 aliphatic carbocycles. The number of amides is 2. The maximum atomic E-state index is 12.2.